The molecule has 0 spiro atoms. The monoisotopic (exact) mass is 328 g/mol. The number of amides is 1. The van der Waals surface area contributed by atoms with Gasteiger partial charge in [0.1, 0.15) is 5.01 Å². The second kappa shape index (κ2) is 6.73. The third-order valence-corrected chi connectivity index (χ3v) is 4.23. The van der Waals surface area contributed by atoms with Crippen LogP contribution in [0.3, 0.4) is 0 Å². The molecule has 3 nitrogen and oxygen atoms in total. The number of halogens is 1. The zero-order valence-electron chi connectivity index (χ0n) is 11.6. The number of benzene rings is 2. The molecule has 0 aliphatic carbocycles. The number of carbonyl (C=O) groups is 1. The fraction of sp³-hybridized carbons (Fsp3) is 0.0588. The maximum absolute atomic E-state index is 12.0. The molecule has 0 fully saturated rings. The van der Waals surface area contributed by atoms with Crippen molar-refractivity contribution in [2.75, 3.05) is 0 Å². The number of hydrogen-bond donors (Lipinski definition) is 1. The van der Waals surface area contributed by atoms with E-state index in [0.29, 0.717) is 17.1 Å². The molecule has 0 saturated carbocycles. The normalized spacial score (nSPS) is 10.4. The van der Waals surface area contributed by atoms with Gasteiger partial charge in [0.2, 0.25) is 0 Å². The SMILES string of the molecule is O=C(NCc1nc(-c2ccccc2)cs1)c1ccc(Cl)cc1. The fourth-order valence-electron chi connectivity index (χ4n) is 1.99. The summed E-state index contributed by atoms with van der Waals surface area (Å²) in [7, 11) is 0. The molecule has 0 bridgehead atoms. The van der Waals surface area contributed by atoms with Crippen LogP contribution in [0.5, 0.6) is 0 Å². The molecule has 1 heterocycles. The highest BCUT2D eigenvalue weighted by Crippen LogP contribution is 2.21. The first-order valence-corrected chi connectivity index (χ1v) is 8.02. The first-order valence-electron chi connectivity index (χ1n) is 6.76. The number of carbonyl (C=O) groups excluding carboxylic acids is 1. The molecule has 110 valence electrons. The molecule has 0 aliphatic heterocycles. The minimum absolute atomic E-state index is 0.131. The van der Waals surface area contributed by atoms with Crippen molar-refractivity contribution in [1.29, 1.82) is 0 Å². The van der Waals surface area contributed by atoms with Gasteiger partial charge in [0.15, 0.2) is 0 Å². The Labute approximate surface area is 137 Å². The smallest absolute Gasteiger partial charge is 0.251 e. The third-order valence-electron chi connectivity index (χ3n) is 3.13. The molecular weight excluding hydrogens is 316 g/mol. The first-order chi connectivity index (χ1) is 10.7. The number of rotatable bonds is 4. The summed E-state index contributed by atoms with van der Waals surface area (Å²) < 4.78 is 0. The van der Waals surface area contributed by atoms with Crippen LogP contribution in [0, 0.1) is 0 Å². The zero-order valence-corrected chi connectivity index (χ0v) is 13.2. The van der Waals surface area contributed by atoms with E-state index in [1.807, 2.05) is 35.7 Å². The van der Waals surface area contributed by atoms with Gasteiger partial charge in [0.05, 0.1) is 12.2 Å². The number of aromatic nitrogens is 1. The van der Waals surface area contributed by atoms with Gasteiger partial charge >= 0.3 is 0 Å². The van der Waals surface area contributed by atoms with Crippen LogP contribution in [0.4, 0.5) is 0 Å². The summed E-state index contributed by atoms with van der Waals surface area (Å²) in [4.78, 5) is 16.6. The second-order valence-electron chi connectivity index (χ2n) is 4.68. The average molecular weight is 329 g/mol. The molecular formula is C17H13ClN2OS. The number of hydrogen-bond acceptors (Lipinski definition) is 3. The standard InChI is InChI=1S/C17H13ClN2OS/c18-14-8-6-13(7-9-14)17(21)19-10-16-20-15(11-22-16)12-4-2-1-3-5-12/h1-9,11H,10H2,(H,19,21). The largest absolute Gasteiger partial charge is 0.346 e. The van der Waals surface area contributed by atoms with Crippen molar-refractivity contribution in [2.24, 2.45) is 0 Å². The Morgan fingerprint density at radius 2 is 1.82 bits per heavy atom. The molecule has 0 saturated heterocycles. The molecule has 0 atom stereocenters. The van der Waals surface area contributed by atoms with Crippen molar-refractivity contribution in [3.8, 4) is 11.3 Å². The van der Waals surface area contributed by atoms with E-state index < -0.39 is 0 Å². The Hall–Kier alpha value is -2.17. The van der Waals surface area contributed by atoms with Crippen molar-refractivity contribution >= 4 is 28.8 Å². The van der Waals surface area contributed by atoms with Crippen molar-refractivity contribution in [2.45, 2.75) is 6.54 Å². The van der Waals surface area contributed by atoms with E-state index in [1.165, 1.54) is 11.3 Å². The molecule has 2 aromatic carbocycles. The van der Waals surface area contributed by atoms with Crippen molar-refractivity contribution in [3.63, 3.8) is 0 Å². The van der Waals surface area contributed by atoms with Crippen LogP contribution in [0.2, 0.25) is 5.02 Å². The molecule has 0 unspecified atom stereocenters. The summed E-state index contributed by atoms with van der Waals surface area (Å²) >= 11 is 7.35. The third kappa shape index (κ3) is 3.53. The maximum Gasteiger partial charge on any atom is 0.251 e. The van der Waals surface area contributed by atoms with Crippen LogP contribution < -0.4 is 5.32 Å². The van der Waals surface area contributed by atoms with Gasteiger partial charge in [-0.2, -0.15) is 0 Å². The minimum atomic E-state index is -0.131. The molecule has 0 aliphatic rings. The predicted octanol–water partition coefficient (Wildman–Crippen LogP) is 4.39. The summed E-state index contributed by atoms with van der Waals surface area (Å²) in [5, 5.41) is 6.36. The number of nitrogens with zero attached hydrogens (tertiary/aromatic N) is 1. The maximum atomic E-state index is 12.0. The Morgan fingerprint density at radius 1 is 1.09 bits per heavy atom. The van der Waals surface area contributed by atoms with Gasteiger partial charge in [0, 0.05) is 21.5 Å². The lowest BCUT2D eigenvalue weighted by Crippen LogP contribution is -2.22. The predicted molar refractivity (Wildman–Crippen MR) is 90.2 cm³/mol. The van der Waals surface area contributed by atoms with Gasteiger partial charge in [-0.15, -0.1) is 11.3 Å². The van der Waals surface area contributed by atoms with Gasteiger partial charge < -0.3 is 5.32 Å². The Bertz CT molecular complexity index is 769. The molecule has 1 N–H and O–H groups in total. The molecule has 22 heavy (non-hydrogen) atoms. The highest BCUT2D eigenvalue weighted by Gasteiger charge is 2.08. The van der Waals surface area contributed by atoms with Crippen LogP contribution in [0.25, 0.3) is 11.3 Å². The van der Waals surface area contributed by atoms with E-state index in [1.54, 1.807) is 24.3 Å². The van der Waals surface area contributed by atoms with E-state index >= 15 is 0 Å². The van der Waals surface area contributed by atoms with E-state index in [-0.39, 0.29) is 5.91 Å². The molecule has 5 heteroatoms. The fourth-order valence-corrected chi connectivity index (χ4v) is 2.86. The highest BCUT2D eigenvalue weighted by atomic mass is 35.5. The minimum Gasteiger partial charge on any atom is -0.346 e. The molecule has 3 aromatic rings. The van der Waals surface area contributed by atoms with Crippen LogP contribution in [0.1, 0.15) is 15.4 Å². The lowest BCUT2D eigenvalue weighted by atomic mass is 10.2. The lowest BCUT2D eigenvalue weighted by molar-refractivity contribution is 0.0951. The second-order valence-corrected chi connectivity index (χ2v) is 6.06. The Morgan fingerprint density at radius 3 is 2.55 bits per heavy atom. The average Bonchev–Trinajstić information content (AvgIpc) is 3.03. The zero-order chi connectivity index (χ0) is 15.4. The van der Waals surface area contributed by atoms with Crippen molar-refractivity contribution < 1.29 is 4.79 Å². The van der Waals surface area contributed by atoms with Crippen molar-refractivity contribution in [1.82, 2.24) is 10.3 Å². The van der Waals surface area contributed by atoms with E-state index in [0.717, 1.165) is 16.3 Å². The molecule has 0 radical (unpaired) electrons. The molecule has 1 aromatic heterocycles. The first kappa shape index (κ1) is 14.8. The van der Waals surface area contributed by atoms with Crippen LogP contribution in [-0.2, 0) is 6.54 Å². The summed E-state index contributed by atoms with van der Waals surface area (Å²) in [5.41, 5.74) is 2.60. The van der Waals surface area contributed by atoms with Crippen LogP contribution in [-0.4, -0.2) is 10.9 Å². The van der Waals surface area contributed by atoms with E-state index in [2.05, 4.69) is 10.3 Å². The van der Waals surface area contributed by atoms with Crippen LogP contribution in [0.15, 0.2) is 60.0 Å². The van der Waals surface area contributed by atoms with Crippen molar-refractivity contribution in [3.05, 3.63) is 75.6 Å². The Balaban J connectivity index is 1.64. The lowest BCUT2D eigenvalue weighted by Gasteiger charge is -2.03. The number of nitrogens with one attached hydrogen (secondary N) is 1. The topological polar surface area (TPSA) is 42.0 Å². The van der Waals surface area contributed by atoms with Gasteiger partial charge in [-0.05, 0) is 24.3 Å². The summed E-state index contributed by atoms with van der Waals surface area (Å²) in [6, 6.07) is 16.8. The summed E-state index contributed by atoms with van der Waals surface area (Å²) in [5.74, 6) is -0.131. The van der Waals surface area contributed by atoms with Gasteiger partial charge in [-0.3, -0.25) is 4.79 Å². The summed E-state index contributed by atoms with van der Waals surface area (Å²) in [6.07, 6.45) is 0. The summed E-state index contributed by atoms with van der Waals surface area (Å²) in [6.45, 7) is 0.416. The van der Waals surface area contributed by atoms with E-state index in [9.17, 15) is 4.79 Å². The van der Waals surface area contributed by atoms with Gasteiger partial charge in [-0.25, -0.2) is 4.98 Å². The van der Waals surface area contributed by atoms with E-state index in [4.69, 9.17) is 11.6 Å². The quantitative estimate of drug-likeness (QED) is 0.771. The number of thiazole rings is 1. The highest BCUT2D eigenvalue weighted by molar-refractivity contribution is 7.09. The van der Waals surface area contributed by atoms with Crippen LogP contribution >= 0.6 is 22.9 Å². The Kier molecular flexibility index (Phi) is 4.51. The molecule has 3 rings (SSSR count). The van der Waals surface area contributed by atoms with Gasteiger partial charge in [-0.1, -0.05) is 41.9 Å². The molecule has 1 amide bonds. The van der Waals surface area contributed by atoms with Gasteiger partial charge in [0.25, 0.3) is 5.91 Å².